The molecule has 8 nitrogen and oxygen atoms in total. The van der Waals surface area contributed by atoms with Gasteiger partial charge in [-0.1, -0.05) is 19.9 Å². The lowest BCUT2D eigenvalue weighted by molar-refractivity contribution is -0.123. The lowest BCUT2D eigenvalue weighted by Gasteiger charge is -2.12. The Bertz CT molecular complexity index is 677. The summed E-state index contributed by atoms with van der Waals surface area (Å²) in [7, 11) is 1.70. The van der Waals surface area contributed by atoms with Gasteiger partial charge < -0.3 is 16.0 Å². The van der Waals surface area contributed by atoms with E-state index in [0.29, 0.717) is 25.6 Å². The largest absolute Gasteiger partial charge is 0.355 e. The minimum absolute atomic E-state index is 0.00587. The van der Waals surface area contributed by atoms with Crippen molar-refractivity contribution in [1.29, 1.82) is 0 Å². The van der Waals surface area contributed by atoms with E-state index in [4.69, 9.17) is 0 Å². The van der Waals surface area contributed by atoms with Crippen molar-refractivity contribution < 1.29 is 4.79 Å². The average Bonchev–Trinajstić information content (AvgIpc) is 2.97. The third kappa shape index (κ3) is 4.67. The third-order valence-electron chi connectivity index (χ3n) is 3.26. The maximum absolute atomic E-state index is 11.5. The highest BCUT2D eigenvalue weighted by Gasteiger charge is 2.07. The number of amides is 1. The molecule has 2 aromatic rings. The van der Waals surface area contributed by atoms with Crippen molar-refractivity contribution >= 4 is 17.5 Å². The van der Waals surface area contributed by atoms with Crippen LogP contribution in [-0.4, -0.2) is 46.6 Å². The molecule has 2 heterocycles. The van der Waals surface area contributed by atoms with Gasteiger partial charge in [-0.2, -0.15) is 0 Å². The van der Waals surface area contributed by atoms with E-state index < -0.39 is 0 Å². The summed E-state index contributed by atoms with van der Waals surface area (Å²) in [5, 5.41) is 17.4. The second-order valence-corrected chi connectivity index (χ2v) is 5.34. The van der Waals surface area contributed by atoms with Gasteiger partial charge >= 0.3 is 0 Å². The highest BCUT2D eigenvalue weighted by molar-refractivity contribution is 5.80. The van der Waals surface area contributed by atoms with Crippen LogP contribution in [0.15, 0.2) is 29.4 Å². The van der Waals surface area contributed by atoms with E-state index in [2.05, 4.69) is 31.1 Å². The number of fused-ring (bicyclic) bond motifs is 1. The minimum atomic E-state index is -0.00587. The summed E-state index contributed by atoms with van der Waals surface area (Å²) in [6, 6.07) is 5.76. The molecule has 0 aromatic carbocycles. The molecule has 0 saturated heterocycles. The van der Waals surface area contributed by atoms with Gasteiger partial charge in [0, 0.05) is 32.3 Å². The molecule has 2 aromatic heterocycles. The van der Waals surface area contributed by atoms with Crippen LogP contribution in [0.5, 0.6) is 0 Å². The van der Waals surface area contributed by atoms with E-state index in [-0.39, 0.29) is 11.8 Å². The van der Waals surface area contributed by atoms with Crippen molar-refractivity contribution in [3.8, 4) is 0 Å². The summed E-state index contributed by atoms with van der Waals surface area (Å²) in [6.45, 7) is 5.38. The molecule has 124 valence electrons. The van der Waals surface area contributed by atoms with E-state index in [1.165, 1.54) is 0 Å². The first-order valence-electron chi connectivity index (χ1n) is 7.62. The van der Waals surface area contributed by atoms with Crippen LogP contribution in [0.2, 0.25) is 0 Å². The molecule has 2 rings (SSSR count). The summed E-state index contributed by atoms with van der Waals surface area (Å²) >= 11 is 0. The molecule has 0 aliphatic carbocycles. The zero-order valence-corrected chi connectivity index (χ0v) is 13.7. The van der Waals surface area contributed by atoms with Gasteiger partial charge in [0.25, 0.3) is 0 Å². The zero-order valence-electron chi connectivity index (χ0n) is 13.7. The van der Waals surface area contributed by atoms with E-state index in [1.54, 1.807) is 7.05 Å². The van der Waals surface area contributed by atoms with Gasteiger partial charge in [0.1, 0.15) is 0 Å². The summed E-state index contributed by atoms with van der Waals surface area (Å²) < 4.78 is 1.92. The van der Waals surface area contributed by atoms with Crippen LogP contribution in [0, 0.1) is 5.92 Å². The molecular weight excluding hydrogens is 294 g/mol. The number of hydrogen-bond acceptors (Lipinski definition) is 4. The highest BCUT2D eigenvalue weighted by Crippen LogP contribution is 2.01. The second-order valence-electron chi connectivity index (χ2n) is 5.34. The van der Waals surface area contributed by atoms with Crippen molar-refractivity contribution in [2.45, 2.75) is 20.4 Å². The van der Waals surface area contributed by atoms with Crippen molar-refractivity contribution in [2.75, 3.05) is 20.1 Å². The normalized spacial score (nSPS) is 11.7. The van der Waals surface area contributed by atoms with E-state index in [0.717, 1.165) is 11.5 Å². The molecular formula is C15H23N7O. The van der Waals surface area contributed by atoms with E-state index in [9.17, 15) is 4.79 Å². The molecule has 3 N–H and O–H groups in total. The number of hydrogen-bond donors (Lipinski definition) is 3. The molecule has 0 bridgehead atoms. The maximum atomic E-state index is 11.5. The molecule has 1 amide bonds. The first-order chi connectivity index (χ1) is 11.1. The predicted molar refractivity (Wildman–Crippen MR) is 89.0 cm³/mol. The Labute approximate surface area is 135 Å². The number of nitrogens with one attached hydrogen (secondary N) is 3. The Kier molecular flexibility index (Phi) is 5.90. The molecule has 0 atom stereocenters. The van der Waals surface area contributed by atoms with Gasteiger partial charge in [0.15, 0.2) is 17.4 Å². The quantitative estimate of drug-likeness (QED) is 0.401. The van der Waals surface area contributed by atoms with Crippen LogP contribution in [0.3, 0.4) is 0 Å². The fourth-order valence-electron chi connectivity index (χ4n) is 1.97. The number of guanidine groups is 1. The van der Waals surface area contributed by atoms with Crippen molar-refractivity contribution in [1.82, 2.24) is 30.5 Å². The minimum Gasteiger partial charge on any atom is -0.355 e. The number of aromatic nitrogens is 3. The summed E-state index contributed by atoms with van der Waals surface area (Å²) in [4.78, 5) is 15.6. The topological polar surface area (TPSA) is 95.7 Å². The predicted octanol–water partition coefficient (Wildman–Crippen LogP) is 0.167. The third-order valence-corrected chi connectivity index (χ3v) is 3.26. The van der Waals surface area contributed by atoms with E-state index >= 15 is 0 Å². The Morgan fingerprint density at radius 1 is 1.22 bits per heavy atom. The van der Waals surface area contributed by atoms with Gasteiger partial charge in [-0.15, -0.1) is 10.2 Å². The Morgan fingerprint density at radius 3 is 2.74 bits per heavy atom. The van der Waals surface area contributed by atoms with Crippen LogP contribution in [-0.2, 0) is 11.3 Å². The van der Waals surface area contributed by atoms with Crippen molar-refractivity contribution in [2.24, 2.45) is 10.9 Å². The average molecular weight is 317 g/mol. The molecule has 0 unspecified atom stereocenters. The molecule has 23 heavy (non-hydrogen) atoms. The molecule has 8 heteroatoms. The summed E-state index contributed by atoms with van der Waals surface area (Å²) in [6.07, 6.45) is 1.92. The fraction of sp³-hybridized carbons (Fsp3) is 0.467. The SMILES string of the molecule is CN=C(NCCNC(=O)C(C)C)NCc1nnc2ccccn12. The number of carbonyl (C=O) groups is 1. The Morgan fingerprint density at radius 2 is 2.00 bits per heavy atom. The number of aliphatic imine (C=N–C) groups is 1. The second kappa shape index (κ2) is 8.11. The maximum Gasteiger partial charge on any atom is 0.222 e. The molecule has 0 aliphatic rings. The van der Waals surface area contributed by atoms with Gasteiger partial charge in [0.2, 0.25) is 5.91 Å². The fourth-order valence-corrected chi connectivity index (χ4v) is 1.97. The highest BCUT2D eigenvalue weighted by atomic mass is 16.1. The molecule has 0 spiro atoms. The van der Waals surface area contributed by atoms with Gasteiger partial charge in [0.05, 0.1) is 6.54 Å². The van der Waals surface area contributed by atoms with Crippen LogP contribution >= 0.6 is 0 Å². The number of nitrogens with zero attached hydrogens (tertiary/aromatic N) is 4. The number of pyridine rings is 1. The monoisotopic (exact) mass is 317 g/mol. The molecule has 0 radical (unpaired) electrons. The first-order valence-corrected chi connectivity index (χ1v) is 7.62. The lowest BCUT2D eigenvalue weighted by atomic mass is 10.2. The van der Waals surface area contributed by atoms with Crippen molar-refractivity contribution in [3.05, 3.63) is 30.2 Å². The van der Waals surface area contributed by atoms with E-state index in [1.807, 2.05) is 42.6 Å². The Hall–Kier alpha value is -2.64. The van der Waals surface area contributed by atoms with Gasteiger partial charge in [-0.25, -0.2) is 0 Å². The molecule has 0 fully saturated rings. The van der Waals surface area contributed by atoms with Crippen LogP contribution < -0.4 is 16.0 Å². The zero-order chi connectivity index (χ0) is 16.7. The number of rotatable bonds is 6. The summed E-state index contributed by atoms with van der Waals surface area (Å²) in [5.41, 5.74) is 0.809. The van der Waals surface area contributed by atoms with Gasteiger partial charge in [-0.05, 0) is 12.1 Å². The lowest BCUT2D eigenvalue weighted by Crippen LogP contribution is -2.42. The standard InChI is InChI=1S/C15H23N7O/c1-11(2)14(23)17-7-8-18-15(16-3)19-10-13-21-20-12-6-4-5-9-22(12)13/h4-6,9,11H,7-8,10H2,1-3H3,(H,17,23)(H2,16,18,19). The summed E-state index contributed by atoms with van der Waals surface area (Å²) in [5.74, 6) is 1.49. The van der Waals surface area contributed by atoms with Gasteiger partial charge in [-0.3, -0.25) is 14.2 Å². The molecule has 0 saturated carbocycles. The van der Waals surface area contributed by atoms with Crippen molar-refractivity contribution in [3.63, 3.8) is 0 Å². The van der Waals surface area contributed by atoms with Crippen LogP contribution in [0.1, 0.15) is 19.7 Å². The van der Waals surface area contributed by atoms with Crippen LogP contribution in [0.4, 0.5) is 0 Å². The smallest absolute Gasteiger partial charge is 0.222 e. The molecule has 0 aliphatic heterocycles. The Balaban J connectivity index is 1.78. The van der Waals surface area contributed by atoms with Crippen LogP contribution in [0.25, 0.3) is 5.65 Å². The number of carbonyl (C=O) groups excluding carboxylic acids is 1. The first kappa shape index (κ1) is 16.7.